The summed E-state index contributed by atoms with van der Waals surface area (Å²) in [5, 5.41) is 17.0. The van der Waals surface area contributed by atoms with Crippen molar-refractivity contribution in [2.45, 2.75) is 44.1 Å². The summed E-state index contributed by atoms with van der Waals surface area (Å²) in [6, 6.07) is 16.1. The number of hydrogen-bond donors (Lipinski definition) is 4. The van der Waals surface area contributed by atoms with Crippen molar-refractivity contribution in [1.29, 1.82) is 0 Å². The molecule has 0 aliphatic heterocycles. The Balaban J connectivity index is 1.11. The molecule has 0 spiro atoms. The van der Waals surface area contributed by atoms with E-state index in [0.717, 1.165) is 37.7 Å². The van der Waals surface area contributed by atoms with Crippen LogP contribution in [0, 0.1) is 17.3 Å². The van der Waals surface area contributed by atoms with E-state index < -0.39 is 11.0 Å². The minimum absolute atomic E-state index is 0.00456. The summed E-state index contributed by atoms with van der Waals surface area (Å²) >= 11 is 0. The van der Waals surface area contributed by atoms with Crippen molar-refractivity contribution in [3.63, 3.8) is 0 Å². The first kappa shape index (κ1) is 24.8. The number of pyridine rings is 1. The van der Waals surface area contributed by atoms with E-state index in [2.05, 4.69) is 20.6 Å². The van der Waals surface area contributed by atoms with Crippen LogP contribution in [0.4, 0.5) is 11.5 Å². The van der Waals surface area contributed by atoms with Crippen molar-refractivity contribution in [3.8, 4) is 17.1 Å². The molecule has 2 aromatic heterocycles. The van der Waals surface area contributed by atoms with Crippen LogP contribution in [-0.2, 0) is 4.79 Å². The fraction of sp³-hybridized carbons (Fsp3) is 0.355. The summed E-state index contributed by atoms with van der Waals surface area (Å²) < 4.78 is 5.69. The quantitative estimate of drug-likeness (QED) is 0.269. The standard InChI is InChI=1S/C31H31N5O4/c1-40-25-12-21(33-29(38)30-13-18-10-19(14-30)16-31(39,15-18)17-30)6-7-22(25)27-34-23-8-5-20(11-24(23)35-27)28(37)36-26-4-2-3-9-32-26/h2-9,11-12,18-19,39H,10,13-17H2,1H3,(H,33,38)(H,34,35)(H,32,36,37). The van der Waals surface area contributed by atoms with Gasteiger partial charge in [-0.15, -0.1) is 0 Å². The van der Waals surface area contributed by atoms with Crippen LogP contribution in [0.5, 0.6) is 5.75 Å². The van der Waals surface area contributed by atoms with Gasteiger partial charge in [0.1, 0.15) is 17.4 Å². The molecule has 4 aliphatic rings. The second-order valence-corrected chi connectivity index (χ2v) is 11.8. The summed E-state index contributed by atoms with van der Waals surface area (Å²) in [4.78, 5) is 38.4. The summed E-state index contributed by atoms with van der Waals surface area (Å²) in [7, 11) is 1.59. The maximum Gasteiger partial charge on any atom is 0.256 e. The average Bonchev–Trinajstić information content (AvgIpc) is 3.35. The zero-order valence-electron chi connectivity index (χ0n) is 22.2. The van der Waals surface area contributed by atoms with Crippen LogP contribution < -0.4 is 15.4 Å². The highest BCUT2D eigenvalue weighted by Gasteiger charge is 2.60. The summed E-state index contributed by atoms with van der Waals surface area (Å²) in [6.45, 7) is 0. The molecule has 4 aromatic rings. The van der Waals surface area contributed by atoms with Crippen molar-refractivity contribution in [3.05, 3.63) is 66.4 Å². The molecule has 2 atom stereocenters. The summed E-state index contributed by atoms with van der Waals surface area (Å²) in [5.41, 5.74) is 2.10. The van der Waals surface area contributed by atoms with Crippen molar-refractivity contribution in [2.24, 2.45) is 17.3 Å². The highest BCUT2D eigenvalue weighted by atomic mass is 16.5. The highest BCUT2D eigenvalue weighted by Crippen LogP contribution is 2.61. The molecule has 0 radical (unpaired) electrons. The number of amides is 2. The Kier molecular flexibility index (Phi) is 5.67. The molecule has 9 heteroatoms. The van der Waals surface area contributed by atoms with Crippen LogP contribution >= 0.6 is 0 Å². The minimum Gasteiger partial charge on any atom is -0.496 e. The summed E-state index contributed by atoms with van der Waals surface area (Å²) in [5.74, 6) is 2.24. The number of aliphatic hydroxyl groups is 1. The minimum atomic E-state index is -0.691. The number of nitrogens with one attached hydrogen (secondary N) is 3. The molecular weight excluding hydrogens is 506 g/mol. The molecule has 2 aromatic carbocycles. The third-order valence-corrected chi connectivity index (χ3v) is 8.88. The number of hydrogen-bond acceptors (Lipinski definition) is 6. The smallest absolute Gasteiger partial charge is 0.256 e. The zero-order chi connectivity index (χ0) is 27.5. The van der Waals surface area contributed by atoms with Gasteiger partial charge in [0.25, 0.3) is 5.91 Å². The predicted molar refractivity (Wildman–Crippen MR) is 151 cm³/mol. The lowest BCUT2D eigenvalue weighted by molar-refractivity contribution is -0.174. The third-order valence-electron chi connectivity index (χ3n) is 8.88. The van der Waals surface area contributed by atoms with Crippen LogP contribution in [0.25, 0.3) is 22.4 Å². The number of methoxy groups -OCH3 is 1. The molecule has 4 fully saturated rings. The molecule has 2 heterocycles. The summed E-state index contributed by atoms with van der Waals surface area (Å²) in [6.07, 6.45) is 6.67. The van der Waals surface area contributed by atoms with Gasteiger partial charge in [-0.3, -0.25) is 9.59 Å². The van der Waals surface area contributed by atoms with Gasteiger partial charge in [0.05, 0.1) is 34.7 Å². The topological polar surface area (TPSA) is 129 Å². The fourth-order valence-electron chi connectivity index (χ4n) is 7.61. The molecule has 4 aliphatic carbocycles. The van der Waals surface area contributed by atoms with Crippen LogP contribution in [0.1, 0.15) is 48.9 Å². The van der Waals surface area contributed by atoms with Gasteiger partial charge in [-0.05, 0) is 92.8 Å². The Morgan fingerprint density at radius 2 is 1.85 bits per heavy atom. The van der Waals surface area contributed by atoms with E-state index in [0.29, 0.717) is 57.9 Å². The Morgan fingerprint density at radius 1 is 1.02 bits per heavy atom. The zero-order valence-corrected chi connectivity index (χ0v) is 22.2. The van der Waals surface area contributed by atoms with Gasteiger partial charge in [0.2, 0.25) is 5.91 Å². The van der Waals surface area contributed by atoms with Gasteiger partial charge in [0, 0.05) is 23.5 Å². The average molecular weight is 538 g/mol. The van der Waals surface area contributed by atoms with E-state index in [1.54, 1.807) is 49.7 Å². The lowest BCUT2D eigenvalue weighted by Gasteiger charge is -2.59. The maximum atomic E-state index is 13.6. The van der Waals surface area contributed by atoms with Gasteiger partial charge < -0.3 is 25.5 Å². The highest BCUT2D eigenvalue weighted by molar-refractivity contribution is 6.05. The molecule has 2 amide bonds. The van der Waals surface area contributed by atoms with Gasteiger partial charge in [-0.25, -0.2) is 9.97 Å². The van der Waals surface area contributed by atoms with E-state index in [4.69, 9.17) is 9.72 Å². The van der Waals surface area contributed by atoms with Crippen LogP contribution in [0.2, 0.25) is 0 Å². The Labute approximate surface area is 231 Å². The molecule has 40 heavy (non-hydrogen) atoms. The molecule has 0 saturated heterocycles. The second-order valence-electron chi connectivity index (χ2n) is 11.8. The molecule has 8 rings (SSSR count). The fourth-order valence-corrected chi connectivity index (χ4v) is 7.61. The van der Waals surface area contributed by atoms with Crippen molar-refractivity contribution < 1.29 is 19.4 Å². The molecule has 204 valence electrons. The number of anilines is 2. The SMILES string of the molecule is COc1cc(NC(=O)C23CC4CC(CC(O)(C4)C2)C3)ccc1-c1nc2ccc(C(=O)Nc3ccccn3)cc2[nH]1. The van der Waals surface area contributed by atoms with Gasteiger partial charge >= 0.3 is 0 Å². The third kappa shape index (κ3) is 4.30. The van der Waals surface area contributed by atoms with E-state index in [9.17, 15) is 14.7 Å². The number of benzene rings is 2. The number of aromatic amines is 1. The second kappa shape index (κ2) is 9.16. The van der Waals surface area contributed by atoms with E-state index in [-0.39, 0.29) is 11.8 Å². The molecule has 9 nitrogen and oxygen atoms in total. The Morgan fingerprint density at radius 3 is 2.58 bits per heavy atom. The number of carbonyl (C=O) groups excluding carboxylic acids is 2. The van der Waals surface area contributed by atoms with E-state index in [1.165, 1.54) is 0 Å². The van der Waals surface area contributed by atoms with Crippen molar-refractivity contribution in [2.75, 3.05) is 17.7 Å². The first-order chi connectivity index (χ1) is 19.3. The molecule has 4 saturated carbocycles. The van der Waals surface area contributed by atoms with Crippen LogP contribution in [0.3, 0.4) is 0 Å². The molecule has 4 N–H and O–H groups in total. The van der Waals surface area contributed by atoms with Crippen LogP contribution in [-0.4, -0.2) is 44.6 Å². The van der Waals surface area contributed by atoms with Crippen LogP contribution in [0.15, 0.2) is 60.8 Å². The Bertz CT molecular complexity index is 1620. The van der Waals surface area contributed by atoms with Gasteiger partial charge in [-0.2, -0.15) is 0 Å². The monoisotopic (exact) mass is 537 g/mol. The first-order valence-electron chi connectivity index (χ1n) is 13.8. The van der Waals surface area contributed by atoms with E-state index >= 15 is 0 Å². The number of fused-ring (bicyclic) bond motifs is 1. The number of aromatic nitrogens is 3. The number of rotatable bonds is 6. The number of nitrogens with zero attached hydrogens (tertiary/aromatic N) is 2. The Hall–Kier alpha value is -4.24. The van der Waals surface area contributed by atoms with Gasteiger partial charge in [0.15, 0.2) is 0 Å². The largest absolute Gasteiger partial charge is 0.496 e. The molecule has 2 unspecified atom stereocenters. The first-order valence-corrected chi connectivity index (χ1v) is 13.8. The van der Waals surface area contributed by atoms with E-state index in [1.807, 2.05) is 18.2 Å². The number of H-pyrrole nitrogens is 1. The molecule has 4 bridgehead atoms. The molecular formula is C31H31N5O4. The maximum absolute atomic E-state index is 13.6. The number of ether oxygens (including phenoxy) is 1. The lowest BCUT2D eigenvalue weighted by atomic mass is 9.47. The van der Waals surface area contributed by atoms with Crippen molar-refractivity contribution in [1.82, 2.24) is 15.0 Å². The predicted octanol–water partition coefficient (Wildman–Crippen LogP) is 5.16. The number of imidazole rings is 1. The number of carbonyl (C=O) groups is 2. The van der Waals surface area contributed by atoms with Gasteiger partial charge in [-0.1, -0.05) is 6.07 Å². The van der Waals surface area contributed by atoms with Crippen molar-refractivity contribution >= 4 is 34.4 Å². The lowest BCUT2D eigenvalue weighted by Crippen LogP contribution is -2.59. The normalized spacial score (nSPS) is 26.6.